The number of carbonyl (C=O) groups is 1. The number of benzene rings is 2. The van der Waals surface area contributed by atoms with Crippen LogP contribution in [0.25, 0.3) is 0 Å². The number of carbonyl (C=O) groups excluding carboxylic acids is 1. The number of sulfonamides is 1. The van der Waals surface area contributed by atoms with Crippen LogP contribution in [0.3, 0.4) is 0 Å². The number of nitrogens with one attached hydrogen (secondary N) is 1. The molecule has 0 aliphatic rings. The third kappa shape index (κ3) is 4.84. The summed E-state index contributed by atoms with van der Waals surface area (Å²) in [4.78, 5) is 14.3. The van der Waals surface area contributed by atoms with Crippen LogP contribution < -0.4 is 4.72 Å². The van der Waals surface area contributed by atoms with Gasteiger partial charge in [-0.2, -0.15) is 0 Å². The molecule has 0 atom stereocenters. The van der Waals surface area contributed by atoms with Crippen LogP contribution in [0, 0.1) is 0 Å². The Bertz CT molecular complexity index is 999. The number of furan rings is 1. The summed E-state index contributed by atoms with van der Waals surface area (Å²) in [6, 6.07) is 19.0. The largest absolute Gasteiger partial charge is 0.468 e. The van der Waals surface area contributed by atoms with Gasteiger partial charge in [-0.1, -0.05) is 36.4 Å². The van der Waals surface area contributed by atoms with E-state index in [0.29, 0.717) is 17.9 Å². The van der Waals surface area contributed by atoms with Gasteiger partial charge in [-0.25, -0.2) is 13.1 Å². The minimum absolute atomic E-state index is 0.0352. The fourth-order valence-corrected chi connectivity index (χ4v) is 3.65. The summed E-state index contributed by atoms with van der Waals surface area (Å²) < 4.78 is 32.6. The Balaban J connectivity index is 1.73. The Morgan fingerprint density at radius 2 is 1.81 bits per heavy atom. The summed E-state index contributed by atoms with van der Waals surface area (Å²) in [5, 5.41) is 0. The van der Waals surface area contributed by atoms with Gasteiger partial charge in [-0.05, 0) is 35.9 Å². The van der Waals surface area contributed by atoms with Crippen LogP contribution in [-0.4, -0.2) is 26.3 Å². The predicted octanol–water partition coefficient (Wildman–Crippen LogP) is 3.03. The third-order valence-electron chi connectivity index (χ3n) is 4.02. The normalized spacial score (nSPS) is 11.3. The van der Waals surface area contributed by atoms with Crippen molar-refractivity contribution in [2.75, 3.05) is 7.05 Å². The van der Waals surface area contributed by atoms with Gasteiger partial charge in [-0.3, -0.25) is 4.79 Å². The van der Waals surface area contributed by atoms with Gasteiger partial charge in [0, 0.05) is 19.2 Å². The summed E-state index contributed by atoms with van der Waals surface area (Å²) in [6.45, 7) is 0.481. The number of hydrogen-bond donors (Lipinski definition) is 1. The number of amides is 1. The molecule has 1 N–H and O–H groups in total. The maximum Gasteiger partial charge on any atom is 0.253 e. The molecule has 0 aliphatic heterocycles. The van der Waals surface area contributed by atoms with E-state index in [4.69, 9.17) is 4.42 Å². The van der Waals surface area contributed by atoms with Crippen LogP contribution in [0.5, 0.6) is 0 Å². The molecular formula is C20H20N2O4S. The molecule has 6 nitrogen and oxygen atoms in total. The Labute approximate surface area is 158 Å². The molecule has 0 radical (unpaired) electrons. The molecule has 0 aliphatic carbocycles. The van der Waals surface area contributed by atoms with Gasteiger partial charge in [0.05, 0.1) is 17.7 Å². The lowest BCUT2D eigenvalue weighted by Crippen LogP contribution is -2.27. The van der Waals surface area contributed by atoms with Gasteiger partial charge in [-0.15, -0.1) is 0 Å². The van der Waals surface area contributed by atoms with Crippen LogP contribution in [0.1, 0.15) is 21.7 Å². The van der Waals surface area contributed by atoms with E-state index in [1.807, 2.05) is 30.3 Å². The average molecular weight is 384 g/mol. The second-order valence-electron chi connectivity index (χ2n) is 6.08. The van der Waals surface area contributed by atoms with Crippen LogP contribution in [0.2, 0.25) is 0 Å². The SMILES string of the molecule is CN(Cc1ccccc1)C(=O)c1cccc(S(=O)(=O)NCc2ccco2)c1. The van der Waals surface area contributed by atoms with Crippen molar-refractivity contribution in [3.63, 3.8) is 0 Å². The van der Waals surface area contributed by atoms with Gasteiger partial charge in [0.2, 0.25) is 10.0 Å². The monoisotopic (exact) mass is 384 g/mol. The molecule has 3 aromatic rings. The van der Waals surface area contributed by atoms with Crippen molar-refractivity contribution >= 4 is 15.9 Å². The second-order valence-corrected chi connectivity index (χ2v) is 7.85. The van der Waals surface area contributed by atoms with E-state index in [-0.39, 0.29) is 17.3 Å². The zero-order valence-electron chi connectivity index (χ0n) is 14.8. The van der Waals surface area contributed by atoms with E-state index in [1.165, 1.54) is 18.4 Å². The molecule has 1 amide bonds. The molecule has 3 rings (SSSR count). The lowest BCUT2D eigenvalue weighted by Gasteiger charge is -2.18. The summed E-state index contributed by atoms with van der Waals surface area (Å²) in [5.74, 6) is 0.260. The quantitative estimate of drug-likeness (QED) is 0.679. The lowest BCUT2D eigenvalue weighted by atomic mass is 10.1. The van der Waals surface area contributed by atoms with Crippen molar-refractivity contribution < 1.29 is 17.6 Å². The first-order valence-electron chi connectivity index (χ1n) is 8.37. The molecular weight excluding hydrogens is 364 g/mol. The van der Waals surface area contributed by atoms with E-state index in [1.54, 1.807) is 36.2 Å². The first kappa shape index (κ1) is 18.9. The van der Waals surface area contributed by atoms with Gasteiger partial charge in [0.1, 0.15) is 5.76 Å². The number of rotatable bonds is 7. The topological polar surface area (TPSA) is 79.6 Å². The Hall–Kier alpha value is -2.90. The Morgan fingerprint density at radius 3 is 2.52 bits per heavy atom. The van der Waals surface area contributed by atoms with E-state index < -0.39 is 10.0 Å². The van der Waals surface area contributed by atoms with Crippen molar-refractivity contribution in [2.45, 2.75) is 18.0 Å². The van der Waals surface area contributed by atoms with Gasteiger partial charge in [0.15, 0.2) is 0 Å². The molecule has 0 unspecified atom stereocenters. The highest BCUT2D eigenvalue weighted by atomic mass is 32.2. The fourth-order valence-electron chi connectivity index (χ4n) is 2.61. The molecule has 0 saturated carbocycles. The maximum absolute atomic E-state index is 12.7. The van der Waals surface area contributed by atoms with E-state index in [0.717, 1.165) is 5.56 Å². The Kier molecular flexibility index (Phi) is 5.73. The van der Waals surface area contributed by atoms with Crippen molar-refractivity contribution in [1.82, 2.24) is 9.62 Å². The molecule has 2 aromatic carbocycles. The van der Waals surface area contributed by atoms with Crippen LogP contribution in [0.4, 0.5) is 0 Å². The second kappa shape index (κ2) is 8.20. The summed E-state index contributed by atoms with van der Waals surface area (Å²) in [7, 11) is -2.07. The minimum Gasteiger partial charge on any atom is -0.468 e. The van der Waals surface area contributed by atoms with Gasteiger partial charge >= 0.3 is 0 Å². The maximum atomic E-state index is 12.7. The molecule has 0 saturated heterocycles. The van der Waals surface area contributed by atoms with Crippen LogP contribution in [0.15, 0.2) is 82.3 Å². The zero-order chi connectivity index (χ0) is 19.3. The highest BCUT2D eigenvalue weighted by Crippen LogP contribution is 2.15. The number of hydrogen-bond acceptors (Lipinski definition) is 4. The third-order valence-corrected chi connectivity index (χ3v) is 5.42. The van der Waals surface area contributed by atoms with E-state index in [2.05, 4.69) is 4.72 Å². The molecule has 0 spiro atoms. The van der Waals surface area contributed by atoms with Gasteiger partial charge in [0.25, 0.3) is 5.91 Å². The summed E-state index contributed by atoms with van der Waals surface area (Å²) in [6.07, 6.45) is 1.48. The molecule has 7 heteroatoms. The number of nitrogens with zero attached hydrogens (tertiary/aromatic N) is 1. The van der Waals surface area contributed by atoms with E-state index in [9.17, 15) is 13.2 Å². The molecule has 0 bridgehead atoms. The van der Waals surface area contributed by atoms with Gasteiger partial charge < -0.3 is 9.32 Å². The molecule has 1 aromatic heterocycles. The molecule has 1 heterocycles. The highest BCUT2D eigenvalue weighted by molar-refractivity contribution is 7.89. The van der Waals surface area contributed by atoms with E-state index >= 15 is 0 Å². The molecule has 140 valence electrons. The zero-order valence-corrected chi connectivity index (χ0v) is 15.6. The fraction of sp³-hybridized carbons (Fsp3) is 0.150. The Morgan fingerprint density at radius 1 is 1.04 bits per heavy atom. The molecule has 0 fully saturated rings. The smallest absolute Gasteiger partial charge is 0.253 e. The average Bonchev–Trinajstić information content (AvgIpc) is 3.20. The lowest BCUT2D eigenvalue weighted by molar-refractivity contribution is 0.0785. The van der Waals surface area contributed by atoms with Crippen molar-refractivity contribution in [3.8, 4) is 0 Å². The first-order chi connectivity index (χ1) is 13.0. The van der Waals surface area contributed by atoms with Crippen LogP contribution >= 0.6 is 0 Å². The summed E-state index contributed by atoms with van der Waals surface area (Å²) in [5.41, 5.74) is 1.31. The molecule has 27 heavy (non-hydrogen) atoms. The van der Waals surface area contributed by atoms with Crippen molar-refractivity contribution in [1.29, 1.82) is 0 Å². The first-order valence-corrected chi connectivity index (χ1v) is 9.85. The minimum atomic E-state index is -3.76. The van der Waals surface area contributed by atoms with Crippen molar-refractivity contribution in [3.05, 3.63) is 89.9 Å². The standard InChI is InChI=1S/C20H20N2O4S/c1-22(15-16-7-3-2-4-8-16)20(23)17-9-5-11-19(13-17)27(24,25)21-14-18-10-6-12-26-18/h2-13,21H,14-15H2,1H3. The van der Waals surface area contributed by atoms with Crippen molar-refractivity contribution in [2.24, 2.45) is 0 Å². The predicted molar refractivity (Wildman–Crippen MR) is 101 cm³/mol. The summed E-state index contributed by atoms with van der Waals surface area (Å²) >= 11 is 0. The van der Waals surface area contributed by atoms with Crippen LogP contribution in [-0.2, 0) is 23.1 Å². The highest BCUT2D eigenvalue weighted by Gasteiger charge is 2.18.